The van der Waals surface area contributed by atoms with Crippen molar-refractivity contribution in [1.82, 2.24) is 4.90 Å². The maximum absolute atomic E-state index is 13.7. The zero-order chi connectivity index (χ0) is 22.3. The molecule has 0 saturated carbocycles. The molecular formula is C22H30NO8P. The molecule has 1 aromatic rings. The minimum Gasteiger partial charge on any atom is -0.454 e. The molecule has 0 amide bonds. The third-order valence-corrected chi connectivity index (χ3v) is 8.66. The number of ether oxygens (including phenoxy) is 4. The van der Waals surface area contributed by atoms with E-state index in [2.05, 4.69) is 4.90 Å². The van der Waals surface area contributed by atoms with Crippen LogP contribution in [0, 0.1) is 5.92 Å². The van der Waals surface area contributed by atoms with E-state index in [0.29, 0.717) is 31.9 Å². The van der Waals surface area contributed by atoms with E-state index in [4.69, 9.17) is 28.0 Å². The van der Waals surface area contributed by atoms with Gasteiger partial charge in [0.05, 0.1) is 26.4 Å². The van der Waals surface area contributed by atoms with Crippen LogP contribution >= 0.6 is 7.60 Å². The molecule has 4 aliphatic rings. The van der Waals surface area contributed by atoms with Gasteiger partial charge in [-0.2, -0.15) is 0 Å². The summed E-state index contributed by atoms with van der Waals surface area (Å²) in [5.41, 5.74) is 2.24. The quantitative estimate of drug-likeness (QED) is 0.508. The van der Waals surface area contributed by atoms with E-state index in [0.717, 1.165) is 23.4 Å². The van der Waals surface area contributed by atoms with Crippen LogP contribution in [0.3, 0.4) is 0 Å². The van der Waals surface area contributed by atoms with Crippen molar-refractivity contribution in [1.29, 1.82) is 0 Å². The summed E-state index contributed by atoms with van der Waals surface area (Å²) in [5.74, 6) is 0.952. The van der Waals surface area contributed by atoms with Gasteiger partial charge in [0.1, 0.15) is 11.9 Å². The summed E-state index contributed by atoms with van der Waals surface area (Å²) >= 11 is 0. The molecule has 0 radical (unpaired) electrons. The van der Waals surface area contributed by atoms with Crippen LogP contribution in [-0.4, -0.2) is 68.9 Å². The molecule has 2 bridgehead atoms. The van der Waals surface area contributed by atoms with Gasteiger partial charge in [-0.3, -0.25) is 14.3 Å². The molecule has 0 N–H and O–H groups in total. The van der Waals surface area contributed by atoms with E-state index < -0.39 is 7.60 Å². The number of rotatable bonds is 9. The Morgan fingerprint density at radius 1 is 1.12 bits per heavy atom. The smallest absolute Gasteiger partial charge is 0.338 e. The van der Waals surface area contributed by atoms with Gasteiger partial charge in [-0.05, 0) is 37.1 Å². The second-order valence-electron chi connectivity index (χ2n) is 8.51. The number of benzene rings is 1. The number of hydrogen-bond donors (Lipinski definition) is 0. The molecule has 0 spiro atoms. The van der Waals surface area contributed by atoms with Crippen molar-refractivity contribution in [2.75, 3.05) is 45.9 Å². The molecule has 176 valence electrons. The lowest BCUT2D eigenvalue weighted by molar-refractivity contribution is -0.123. The Bertz CT molecular complexity index is 907. The summed E-state index contributed by atoms with van der Waals surface area (Å²) in [6, 6.07) is 3.95. The topological polar surface area (TPSA) is 92.8 Å². The lowest BCUT2D eigenvalue weighted by atomic mass is 9.80. The average molecular weight is 467 g/mol. The Kier molecular flexibility index (Phi) is 6.31. The molecule has 4 heterocycles. The Hall–Kier alpha value is -1.48. The molecule has 32 heavy (non-hydrogen) atoms. The standard InChI is InChI=1S/C22H30NO8P/c1-3-30-32(25,31-4-2)12-18(24)22-16-11-23(17(22)9-21-26-5-6-27-21)10-14-7-19-20(8-15(14)16)29-13-28-19/h7-8,16-17,21-22H,3-6,9-13H2,1-2H3/t16-,17-,22-/m0/s1. The van der Waals surface area contributed by atoms with Gasteiger partial charge in [0.15, 0.2) is 17.8 Å². The van der Waals surface area contributed by atoms with Crippen molar-refractivity contribution >= 4 is 13.4 Å². The zero-order valence-corrected chi connectivity index (χ0v) is 19.4. The summed E-state index contributed by atoms with van der Waals surface area (Å²) in [5, 5.41) is 0. The second-order valence-corrected chi connectivity index (χ2v) is 10.6. The molecule has 4 atom stereocenters. The van der Waals surface area contributed by atoms with Crippen LogP contribution in [0.1, 0.15) is 37.3 Å². The van der Waals surface area contributed by atoms with Gasteiger partial charge in [-0.1, -0.05) is 0 Å². The highest BCUT2D eigenvalue weighted by Crippen LogP contribution is 2.53. The predicted molar refractivity (Wildman–Crippen MR) is 114 cm³/mol. The van der Waals surface area contributed by atoms with Crippen LogP contribution < -0.4 is 9.47 Å². The molecule has 0 aromatic heterocycles. The van der Waals surface area contributed by atoms with Crippen LogP contribution in [0.2, 0.25) is 0 Å². The highest BCUT2D eigenvalue weighted by Gasteiger charge is 2.51. The minimum atomic E-state index is -3.50. The highest BCUT2D eigenvalue weighted by molar-refractivity contribution is 7.54. The summed E-state index contributed by atoms with van der Waals surface area (Å²) in [7, 11) is -3.50. The van der Waals surface area contributed by atoms with Crippen LogP contribution in [0.15, 0.2) is 12.1 Å². The first-order valence-corrected chi connectivity index (χ1v) is 13.0. The van der Waals surface area contributed by atoms with Gasteiger partial charge in [0.25, 0.3) is 0 Å². The average Bonchev–Trinajstić information content (AvgIpc) is 3.48. The van der Waals surface area contributed by atoms with Crippen molar-refractivity contribution in [2.45, 2.75) is 45.1 Å². The van der Waals surface area contributed by atoms with Crippen LogP contribution in [-0.2, 0) is 34.4 Å². The number of fused-ring (bicyclic) bond motifs is 5. The van der Waals surface area contributed by atoms with Crippen LogP contribution in [0.25, 0.3) is 0 Å². The molecule has 1 unspecified atom stereocenters. The number of carbonyl (C=O) groups is 1. The SMILES string of the molecule is CCOP(=O)(CC(=O)[C@H]1[C@H]2CN(Cc3cc4c(cc32)OCO4)[C@H]1CC1OCCO1)OCC. The van der Waals surface area contributed by atoms with Gasteiger partial charge < -0.3 is 28.0 Å². The van der Waals surface area contributed by atoms with Gasteiger partial charge in [-0.25, -0.2) is 0 Å². The van der Waals surface area contributed by atoms with Gasteiger partial charge in [0, 0.05) is 37.4 Å². The van der Waals surface area contributed by atoms with E-state index in [-0.39, 0.29) is 56.1 Å². The van der Waals surface area contributed by atoms with Gasteiger partial charge >= 0.3 is 7.60 Å². The summed E-state index contributed by atoms with van der Waals surface area (Å²) in [4.78, 5) is 16.0. The lowest BCUT2D eigenvalue weighted by Gasteiger charge is -2.29. The van der Waals surface area contributed by atoms with E-state index in [9.17, 15) is 9.36 Å². The fourth-order valence-electron chi connectivity index (χ4n) is 5.46. The third-order valence-electron chi connectivity index (χ3n) is 6.65. The number of ketones is 1. The van der Waals surface area contributed by atoms with Gasteiger partial charge in [0.2, 0.25) is 6.79 Å². The van der Waals surface area contributed by atoms with E-state index in [1.807, 2.05) is 12.1 Å². The predicted octanol–water partition coefficient (Wildman–Crippen LogP) is 2.91. The van der Waals surface area contributed by atoms with Crippen LogP contribution in [0.5, 0.6) is 11.5 Å². The summed E-state index contributed by atoms with van der Waals surface area (Å²) < 4.78 is 46.6. The Morgan fingerprint density at radius 3 is 2.50 bits per heavy atom. The molecule has 5 rings (SSSR count). The van der Waals surface area contributed by atoms with E-state index in [1.54, 1.807) is 13.8 Å². The molecule has 10 heteroatoms. The molecule has 4 aliphatic heterocycles. The van der Waals surface area contributed by atoms with Crippen molar-refractivity contribution < 1.29 is 37.4 Å². The molecule has 9 nitrogen and oxygen atoms in total. The number of hydrogen-bond acceptors (Lipinski definition) is 9. The first-order chi connectivity index (χ1) is 15.5. The first kappa shape index (κ1) is 22.3. The Labute approximate surface area is 187 Å². The Balaban J connectivity index is 1.46. The second kappa shape index (κ2) is 9.05. The van der Waals surface area contributed by atoms with Crippen molar-refractivity contribution in [3.63, 3.8) is 0 Å². The molecule has 2 fully saturated rings. The largest absolute Gasteiger partial charge is 0.454 e. The highest BCUT2D eigenvalue weighted by atomic mass is 31.2. The monoisotopic (exact) mass is 467 g/mol. The number of nitrogens with zero attached hydrogens (tertiary/aromatic N) is 1. The van der Waals surface area contributed by atoms with Crippen molar-refractivity contribution in [3.8, 4) is 11.5 Å². The zero-order valence-electron chi connectivity index (χ0n) is 18.5. The number of carbonyl (C=O) groups excluding carboxylic acids is 1. The molecular weight excluding hydrogens is 437 g/mol. The maximum Gasteiger partial charge on any atom is 0.338 e. The summed E-state index contributed by atoms with van der Waals surface area (Å²) in [6.07, 6.45) is 0.0215. The van der Waals surface area contributed by atoms with Crippen molar-refractivity contribution in [2.24, 2.45) is 5.92 Å². The van der Waals surface area contributed by atoms with Crippen LogP contribution in [0.4, 0.5) is 0 Å². The van der Waals surface area contributed by atoms with E-state index in [1.165, 1.54) is 0 Å². The molecule has 0 aliphatic carbocycles. The lowest BCUT2D eigenvalue weighted by Crippen LogP contribution is -2.38. The number of Topliss-reactive ketones (excluding diaryl/α,β-unsaturated/α-hetero) is 1. The minimum absolute atomic E-state index is 0.0381. The maximum atomic E-state index is 13.7. The summed E-state index contributed by atoms with van der Waals surface area (Å²) in [6.45, 7) is 6.73. The Morgan fingerprint density at radius 2 is 1.81 bits per heavy atom. The first-order valence-electron chi connectivity index (χ1n) is 11.3. The fraction of sp³-hybridized carbons (Fsp3) is 0.682. The fourth-order valence-corrected chi connectivity index (χ4v) is 7.10. The van der Waals surface area contributed by atoms with E-state index >= 15 is 0 Å². The molecule has 2 saturated heterocycles. The van der Waals surface area contributed by atoms with Crippen molar-refractivity contribution in [3.05, 3.63) is 23.3 Å². The molecule has 1 aromatic carbocycles. The normalized spacial score (nSPS) is 28.8. The third kappa shape index (κ3) is 4.11. The van der Waals surface area contributed by atoms with Gasteiger partial charge in [-0.15, -0.1) is 0 Å².